The average Bonchev–Trinajstić information content (AvgIpc) is 3.68. The van der Waals surface area contributed by atoms with Crippen LogP contribution >= 0.6 is 11.3 Å². The van der Waals surface area contributed by atoms with Gasteiger partial charge in [-0.2, -0.15) is 13.2 Å². The van der Waals surface area contributed by atoms with Gasteiger partial charge in [0, 0.05) is 43.7 Å². The molecule has 1 saturated carbocycles. The number of nitrogens with one attached hydrogen (secondary N) is 3. The number of pyridine rings is 1. The van der Waals surface area contributed by atoms with Gasteiger partial charge in [-0.05, 0) is 75.4 Å². The number of aromatic nitrogens is 2. The van der Waals surface area contributed by atoms with Crippen molar-refractivity contribution < 1.29 is 41.9 Å². The molecular formula is C38H38F3N7O6S. The number of alkyl halides is 3. The Hall–Kier alpha value is -5.42. The summed E-state index contributed by atoms with van der Waals surface area (Å²) >= 11 is 1.52. The van der Waals surface area contributed by atoms with Gasteiger partial charge in [0.2, 0.25) is 11.8 Å². The molecule has 1 atom stereocenters. The highest BCUT2D eigenvalue weighted by Crippen LogP contribution is 2.41. The number of imide groups is 2. The highest BCUT2D eigenvalue weighted by atomic mass is 32.1. The highest BCUT2D eigenvalue weighted by molar-refractivity contribution is 7.18. The van der Waals surface area contributed by atoms with Gasteiger partial charge in [0.05, 0.1) is 39.1 Å². The first-order valence-electron chi connectivity index (χ1n) is 17.9. The van der Waals surface area contributed by atoms with E-state index in [1.54, 1.807) is 30.3 Å². The number of likely N-dealkylation sites (N-methyl/N-ethyl adjacent to an activating group) is 1. The van der Waals surface area contributed by atoms with Crippen LogP contribution in [0.5, 0.6) is 5.75 Å². The van der Waals surface area contributed by atoms with Crippen molar-refractivity contribution in [1.29, 1.82) is 0 Å². The number of hydrogen-bond donors (Lipinski definition) is 3. The molecule has 17 heteroatoms. The van der Waals surface area contributed by atoms with Gasteiger partial charge in [-0.15, -0.1) is 11.3 Å². The van der Waals surface area contributed by atoms with E-state index in [2.05, 4.69) is 25.8 Å². The summed E-state index contributed by atoms with van der Waals surface area (Å²) < 4.78 is 45.7. The van der Waals surface area contributed by atoms with Crippen molar-refractivity contribution in [3.8, 4) is 5.75 Å². The lowest BCUT2D eigenvalue weighted by Gasteiger charge is -2.30. The number of thiazole rings is 1. The first-order chi connectivity index (χ1) is 26.3. The van der Waals surface area contributed by atoms with Crippen LogP contribution in [0.1, 0.15) is 86.3 Å². The molecule has 13 nitrogen and oxygen atoms in total. The number of fused-ring (bicyclic) bond motifs is 2. The van der Waals surface area contributed by atoms with Crippen molar-refractivity contribution in [2.24, 2.45) is 5.92 Å². The van der Waals surface area contributed by atoms with Crippen molar-refractivity contribution >= 4 is 62.5 Å². The molecule has 0 radical (unpaired) electrons. The van der Waals surface area contributed by atoms with E-state index in [4.69, 9.17) is 9.72 Å². The van der Waals surface area contributed by atoms with Crippen LogP contribution < -0.4 is 20.7 Å². The van der Waals surface area contributed by atoms with Crippen LogP contribution in [0.15, 0.2) is 48.5 Å². The van der Waals surface area contributed by atoms with Crippen molar-refractivity contribution in [2.75, 3.05) is 44.4 Å². The molecule has 3 N–H and O–H groups in total. The number of halogens is 3. The third-order valence-electron chi connectivity index (χ3n) is 10.3. The number of carbonyl (C=O) groups is 5. The first kappa shape index (κ1) is 37.9. The van der Waals surface area contributed by atoms with Crippen LogP contribution in [0.4, 0.5) is 24.5 Å². The van der Waals surface area contributed by atoms with Crippen molar-refractivity contribution in [3.05, 3.63) is 76.1 Å². The second kappa shape index (κ2) is 15.4. The molecule has 4 aromatic rings. The van der Waals surface area contributed by atoms with E-state index in [9.17, 15) is 37.1 Å². The van der Waals surface area contributed by atoms with E-state index in [1.807, 2.05) is 7.05 Å². The van der Waals surface area contributed by atoms with E-state index >= 15 is 0 Å². The summed E-state index contributed by atoms with van der Waals surface area (Å²) in [7, 11) is 3.49. The number of hydrogen-bond acceptors (Lipinski definition) is 11. The van der Waals surface area contributed by atoms with Gasteiger partial charge in [0.25, 0.3) is 17.7 Å². The summed E-state index contributed by atoms with van der Waals surface area (Å²) in [5.41, 5.74) is 0.488. The third kappa shape index (κ3) is 7.89. The van der Waals surface area contributed by atoms with E-state index in [0.29, 0.717) is 41.6 Å². The Bertz CT molecular complexity index is 2190. The van der Waals surface area contributed by atoms with E-state index in [1.165, 1.54) is 24.5 Å². The van der Waals surface area contributed by atoms with Gasteiger partial charge in [-0.3, -0.25) is 34.2 Å². The molecule has 0 bridgehead atoms. The van der Waals surface area contributed by atoms with Crippen LogP contribution in [-0.2, 0) is 15.8 Å². The van der Waals surface area contributed by atoms with Crippen LogP contribution in [-0.4, -0.2) is 89.1 Å². The van der Waals surface area contributed by atoms with E-state index in [0.717, 1.165) is 59.0 Å². The lowest BCUT2D eigenvalue weighted by molar-refractivity contribution is -0.141. The molecule has 2 aromatic heterocycles. The normalized spacial score (nSPS) is 20.2. The topological polar surface area (TPSA) is 163 Å². The SMILES string of the molecule is COc1cc2nc(C3CCC(CN(C)CCNc4cccc5c4C(=O)N(C4CCC(=O)NC4=O)C5=O)CC3)sc2cc1NC(=O)c1cccc(C(F)(F)F)n1. The number of amides is 5. The smallest absolute Gasteiger partial charge is 0.433 e. The Morgan fingerprint density at radius 1 is 1.00 bits per heavy atom. The molecule has 3 aliphatic rings. The van der Waals surface area contributed by atoms with E-state index < -0.39 is 47.4 Å². The summed E-state index contributed by atoms with van der Waals surface area (Å²) in [5.74, 6) is -1.88. The van der Waals surface area contributed by atoms with Gasteiger partial charge < -0.3 is 20.3 Å². The third-order valence-corrected chi connectivity index (χ3v) is 11.5. The number of nitrogens with zero attached hydrogens (tertiary/aromatic N) is 4. The minimum absolute atomic E-state index is 0.0569. The number of benzene rings is 2. The van der Waals surface area contributed by atoms with Gasteiger partial charge in [-0.25, -0.2) is 9.97 Å². The monoisotopic (exact) mass is 777 g/mol. The van der Waals surface area contributed by atoms with Gasteiger partial charge in [0.1, 0.15) is 23.2 Å². The Morgan fingerprint density at radius 3 is 2.49 bits per heavy atom. The van der Waals surface area contributed by atoms with Crippen molar-refractivity contribution in [2.45, 2.75) is 56.7 Å². The molecule has 1 saturated heterocycles. The summed E-state index contributed by atoms with van der Waals surface area (Å²) in [4.78, 5) is 75.0. The second-order valence-corrected chi connectivity index (χ2v) is 15.1. The number of ether oxygens (including phenoxy) is 1. The summed E-state index contributed by atoms with van der Waals surface area (Å²) in [6.45, 7) is 2.09. The van der Waals surface area contributed by atoms with Crippen LogP contribution in [0.2, 0.25) is 0 Å². The fraction of sp³-hybridized carbons (Fsp3) is 0.395. The minimum Gasteiger partial charge on any atom is -0.494 e. The maximum atomic E-state index is 13.4. The average molecular weight is 778 g/mol. The standard InChI is InChI=1S/C38H38F3N7O6S/c1-47(16-15-42-23-6-3-5-22-32(23)37(53)48(36(22)52)27-13-14-31(49)46-34(27)51)19-20-9-11-21(12-10-20)35-45-26-17-28(54-2)25(18-29(26)55-35)44-33(50)24-7-4-8-30(43-24)38(39,40)41/h3-8,17-18,20-21,27,42H,9-16,19H2,1-2H3,(H,44,50)(H,46,49,51). The number of methoxy groups -OCH3 is 1. The van der Waals surface area contributed by atoms with Gasteiger partial charge >= 0.3 is 6.18 Å². The van der Waals surface area contributed by atoms with Crippen LogP contribution in [0.3, 0.4) is 0 Å². The number of piperidine rings is 1. The predicted molar refractivity (Wildman–Crippen MR) is 197 cm³/mol. The minimum atomic E-state index is -4.68. The van der Waals surface area contributed by atoms with Gasteiger partial charge in [-0.1, -0.05) is 12.1 Å². The summed E-state index contributed by atoms with van der Waals surface area (Å²) in [5, 5.41) is 9.14. The fourth-order valence-corrected chi connectivity index (χ4v) is 8.64. The zero-order chi connectivity index (χ0) is 39.0. The number of anilines is 2. The molecule has 5 amide bonds. The molecule has 1 unspecified atom stereocenters. The first-order valence-corrected chi connectivity index (χ1v) is 18.7. The lowest BCUT2D eigenvalue weighted by atomic mass is 9.82. The molecule has 55 heavy (non-hydrogen) atoms. The van der Waals surface area contributed by atoms with Crippen molar-refractivity contribution in [1.82, 2.24) is 25.1 Å². The predicted octanol–water partition coefficient (Wildman–Crippen LogP) is 5.69. The molecule has 4 heterocycles. The molecule has 0 spiro atoms. The number of rotatable bonds is 11. The molecule has 7 rings (SSSR count). The van der Waals surface area contributed by atoms with Crippen LogP contribution in [0, 0.1) is 5.92 Å². The van der Waals surface area contributed by atoms with Crippen molar-refractivity contribution in [3.63, 3.8) is 0 Å². The molecule has 2 aliphatic heterocycles. The Kier molecular flexibility index (Phi) is 10.6. The lowest BCUT2D eigenvalue weighted by Crippen LogP contribution is -2.54. The van der Waals surface area contributed by atoms with E-state index in [-0.39, 0.29) is 35.6 Å². The maximum absolute atomic E-state index is 13.4. The molecule has 2 fully saturated rings. The molecule has 288 valence electrons. The Morgan fingerprint density at radius 2 is 1.76 bits per heavy atom. The zero-order valence-corrected chi connectivity index (χ0v) is 30.8. The largest absolute Gasteiger partial charge is 0.494 e. The molecule has 1 aliphatic carbocycles. The molecular weight excluding hydrogens is 740 g/mol. The molecule has 2 aromatic carbocycles. The number of carbonyl (C=O) groups excluding carboxylic acids is 5. The quantitative estimate of drug-likeness (QED) is 0.161. The summed E-state index contributed by atoms with van der Waals surface area (Å²) in [6, 6.07) is 10.6. The maximum Gasteiger partial charge on any atom is 0.433 e. The Labute approximate surface area is 317 Å². The van der Waals surface area contributed by atoms with Gasteiger partial charge in [0.15, 0.2) is 0 Å². The summed E-state index contributed by atoms with van der Waals surface area (Å²) in [6.07, 6.45) is -0.606. The zero-order valence-electron chi connectivity index (χ0n) is 30.0. The van der Waals surface area contributed by atoms with Crippen LogP contribution in [0.25, 0.3) is 10.2 Å². The Balaban J connectivity index is 0.914. The fourth-order valence-electron chi connectivity index (χ4n) is 7.49. The second-order valence-electron chi connectivity index (χ2n) is 14.0. The highest BCUT2D eigenvalue weighted by Gasteiger charge is 2.45.